The molecule has 0 saturated carbocycles. The lowest BCUT2D eigenvalue weighted by Gasteiger charge is -2.08. The van der Waals surface area contributed by atoms with Crippen molar-refractivity contribution < 1.29 is 9.90 Å². The molecule has 0 saturated heterocycles. The van der Waals surface area contributed by atoms with E-state index in [4.69, 9.17) is 5.11 Å². The van der Waals surface area contributed by atoms with E-state index >= 15 is 0 Å². The van der Waals surface area contributed by atoms with Crippen LogP contribution in [0.3, 0.4) is 0 Å². The van der Waals surface area contributed by atoms with Gasteiger partial charge in [-0.1, -0.05) is 42.1 Å². The summed E-state index contributed by atoms with van der Waals surface area (Å²) >= 11 is 1.20. The van der Waals surface area contributed by atoms with Gasteiger partial charge in [0, 0.05) is 5.75 Å². The first-order chi connectivity index (χ1) is 11.6. The van der Waals surface area contributed by atoms with Gasteiger partial charge in [-0.2, -0.15) is 0 Å². The monoisotopic (exact) mass is 346 g/mol. The maximum Gasteiger partial charge on any atom is 0.304 e. The van der Waals surface area contributed by atoms with Crippen LogP contribution in [0.1, 0.15) is 12.0 Å². The molecule has 0 aliphatic rings. The molecule has 0 spiro atoms. The van der Waals surface area contributed by atoms with Gasteiger partial charge in [0.2, 0.25) is 0 Å². The highest BCUT2D eigenvalue weighted by Crippen LogP contribution is 2.22. The Morgan fingerprint density at radius 1 is 1.17 bits per heavy atom. The van der Waals surface area contributed by atoms with Crippen molar-refractivity contribution in [1.82, 2.24) is 19.7 Å². The quantitative estimate of drug-likeness (QED) is 0.573. The van der Waals surface area contributed by atoms with Crippen molar-refractivity contribution in [2.24, 2.45) is 0 Å². The first-order valence-corrected chi connectivity index (χ1v) is 8.14. The number of aromatic amines is 2. The summed E-state index contributed by atoms with van der Waals surface area (Å²) in [5.41, 5.74) is 0.235. The molecule has 8 nitrogen and oxygen atoms in total. The minimum atomic E-state index is -0.913. The number of aromatic nitrogens is 4. The van der Waals surface area contributed by atoms with E-state index in [2.05, 4.69) is 15.2 Å². The number of benzene rings is 1. The Morgan fingerprint density at radius 3 is 2.58 bits per heavy atom. The molecule has 24 heavy (non-hydrogen) atoms. The lowest BCUT2D eigenvalue weighted by molar-refractivity contribution is -0.136. The number of rotatable bonds is 6. The summed E-state index contributed by atoms with van der Waals surface area (Å²) in [6, 6.07) is 9.44. The van der Waals surface area contributed by atoms with Crippen LogP contribution in [-0.4, -0.2) is 36.6 Å². The predicted octanol–water partition coefficient (Wildman–Crippen LogP) is 1.03. The maximum absolute atomic E-state index is 12.1. The number of carboxylic acids is 1. The van der Waals surface area contributed by atoms with Crippen molar-refractivity contribution in [3.05, 3.63) is 56.6 Å². The molecule has 0 aliphatic heterocycles. The van der Waals surface area contributed by atoms with Gasteiger partial charge in [0.25, 0.3) is 11.1 Å². The van der Waals surface area contributed by atoms with Crippen molar-refractivity contribution in [1.29, 1.82) is 0 Å². The summed E-state index contributed by atoms with van der Waals surface area (Å²) in [5.74, 6) is -0.618. The van der Waals surface area contributed by atoms with Crippen LogP contribution in [0, 0.1) is 0 Å². The Hall–Kier alpha value is -2.81. The SMILES string of the molecule is O=C(O)CCSc1nc2c(=O)[nH][nH]c(=O)c2n1Cc1ccccc1. The van der Waals surface area contributed by atoms with Crippen molar-refractivity contribution >= 4 is 28.8 Å². The number of H-pyrrole nitrogens is 2. The number of fused-ring (bicyclic) bond motifs is 1. The third kappa shape index (κ3) is 3.25. The third-order valence-electron chi connectivity index (χ3n) is 3.38. The topological polar surface area (TPSA) is 121 Å². The van der Waals surface area contributed by atoms with E-state index in [9.17, 15) is 14.4 Å². The maximum atomic E-state index is 12.1. The molecule has 124 valence electrons. The Labute approximate surface area is 139 Å². The predicted molar refractivity (Wildman–Crippen MR) is 89.5 cm³/mol. The van der Waals surface area contributed by atoms with Crippen LogP contribution < -0.4 is 11.1 Å². The smallest absolute Gasteiger partial charge is 0.304 e. The van der Waals surface area contributed by atoms with E-state index in [-0.39, 0.29) is 17.5 Å². The fourth-order valence-electron chi connectivity index (χ4n) is 2.31. The van der Waals surface area contributed by atoms with Crippen molar-refractivity contribution in [2.45, 2.75) is 18.1 Å². The van der Waals surface area contributed by atoms with E-state index in [1.165, 1.54) is 11.8 Å². The summed E-state index contributed by atoms with van der Waals surface area (Å²) < 4.78 is 1.64. The highest BCUT2D eigenvalue weighted by atomic mass is 32.2. The second-order valence-corrected chi connectivity index (χ2v) is 6.13. The summed E-state index contributed by atoms with van der Waals surface area (Å²) in [5, 5.41) is 13.8. The van der Waals surface area contributed by atoms with Crippen LogP contribution in [0.5, 0.6) is 0 Å². The molecule has 3 aromatic rings. The van der Waals surface area contributed by atoms with Crippen LogP contribution in [0.2, 0.25) is 0 Å². The standard InChI is InChI=1S/C15H14N4O4S/c20-10(21)6-7-24-15-16-11-12(14(23)18-17-13(11)22)19(15)8-9-4-2-1-3-5-9/h1-5H,6-8H2,(H,17,22)(H,18,23)(H,20,21). The second-order valence-electron chi connectivity index (χ2n) is 5.06. The minimum absolute atomic E-state index is 0.0358. The Kier molecular flexibility index (Phi) is 4.52. The number of carbonyl (C=O) groups is 1. The highest BCUT2D eigenvalue weighted by molar-refractivity contribution is 7.99. The molecule has 0 unspecified atom stereocenters. The molecule has 0 bridgehead atoms. The molecular weight excluding hydrogens is 332 g/mol. The Bertz CT molecular complexity index is 990. The fraction of sp³-hybridized carbons (Fsp3) is 0.200. The molecule has 0 aliphatic carbocycles. The van der Waals surface area contributed by atoms with Crippen LogP contribution >= 0.6 is 11.8 Å². The van der Waals surface area contributed by atoms with Crippen LogP contribution in [0.15, 0.2) is 45.1 Å². The summed E-state index contributed by atoms with van der Waals surface area (Å²) in [6.07, 6.45) is -0.0358. The van der Waals surface area contributed by atoms with Gasteiger partial charge in [-0.15, -0.1) is 0 Å². The number of aliphatic carboxylic acids is 1. The van der Waals surface area contributed by atoms with Crippen molar-refractivity contribution in [2.75, 3.05) is 5.75 Å². The lowest BCUT2D eigenvalue weighted by atomic mass is 10.2. The zero-order valence-corrected chi connectivity index (χ0v) is 13.3. The number of nitrogens with one attached hydrogen (secondary N) is 2. The molecule has 2 heterocycles. The third-order valence-corrected chi connectivity index (χ3v) is 4.36. The highest BCUT2D eigenvalue weighted by Gasteiger charge is 2.17. The summed E-state index contributed by atoms with van der Waals surface area (Å²) in [6.45, 7) is 0.360. The number of carboxylic acid groups (broad SMARTS) is 1. The van der Waals surface area contributed by atoms with Crippen molar-refractivity contribution in [3.8, 4) is 0 Å². The molecule has 0 amide bonds. The van der Waals surface area contributed by atoms with E-state index in [1.807, 2.05) is 30.3 Å². The Balaban J connectivity index is 2.08. The van der Waals surface area contributed by atoms with Gasteiger partial charge in [-0.25, -0.2) is 4.98 Å². The number of hydrogen-bond donors (Lipinski definition) is 3. The number of imidazole rings is 1. The van der Waals surface area contributed by atoms with E-state index in [1.54, 1.807) is 4.57 Å². The van der Waals surface area contributed by atoms with Gasteiger partial charge in [0.15, 0.2) is 10.7 Å². The average Bonchev–Trinajstić information content (AvgIpc) is 2.92. The molecule has 3 N–H and O–H groups in total. The number of thioether (sulfide) groups is 1. The van der Waals surface area contributed by atoms with Gasteiger partial charge in [0.05, 0.1) is 13.0 Å². The zero-order chi connectivity index (χ0) is 17.1. The molecule has 9 heteroatoms. The average molecular weight is 346 g/mol. The molecule has 0 fully saturated rings. The zero-order valence-electron chi connectivity index (χ0n) is 12.5. The van der Waals surface area contributed by atoms with Crippen LogP contribution in [0.25, 0.3) is 11.0 Å². The minimum Gasteiger partial charge on any atom is -0.481 e. The van der Waals surface area contributed by atoms with Gasteiger partial charge < -0.3 is 9.67 Å². The summed E-state index contributed by atoms with van der Waals surface area (Å²) in [4.78, 5) is 39.0. The fourth-order valence-corrected chi connectivity index (χ4v) is 3.23. The van der Waals surface area contributed by atoms with E-state index in [0.717, 1.165) is 5.56 Å². The lowest BCUT2D eigenvalue weighted by Crippen LogP contribution is -2.21. The Morgan fingerprint density at radius 2 is 1.88 bits per heavy atom. The summed E-state index contributed by atoms with van der Waals surface area (Å²) in [7, 11) is 0. The largest absolute Gasteiger partial charge is 0.481 e. The van der Waals surface area contributed by atoms with Crippen LogP contribution in [0.4, 0.5) is 0 Å². The van der Waals surface area contributed by atoms with Gasteiger partial charge in [-0.05, 0) is 5.56 Å². The molecule has 0 atom stereocenters. The number of hydrogen-bond acceptors (Lipinski definition) is 5. The second kappa shape index (κ2) is 6.75. The normalized spacial score (nSPS) is 11.0. The molecule has 1 aromatic carbocycles. The first-order valence-electron chi connectivity index (χ1n) is 7.16. The molecule has 2 aromatic heterocycles. The number of nitrogens with zero attached hydrogens (tertiary/aromatic N) is 2. The molecule has 0 radical (unpaired) electrons. The molecular formula is C15H14N4O4S. The van der Waals surface area contributed by atoms with Gasteiger partial charge in [-0.3, -0.25) is 24.6 Å². The van der Waals surface area contributed by atoms with E-state index < -0.39 is 17.1 Å². The van der Waals surface area contributed by atoms with Gasteiger partial charge >= 0.3 is 5.97 Å². The molecule has 3 rings (SSSR count). The first kappa shape index (κ1) is 16.1. The van der Waals surface area contributed by atoms with Crippen molar-refractivity contribution in [3.63, 3.8) is 0 Å². The van der Waals surface area contributed by atoms with Gasteiger partial charge in [0.1, 0.15) is 5.52 Å². The van der Waals surface area contributed by atoms with Crippen LogP contribution in [-0.2, 0) is 11.3 Å². The van der Waals surface area contributed by atoms with E-state index in [0.29, 0.717) is 17.5 Å².